The van der Waals surface area contributed by atoms with E-state index in [0.29, 0.717) is 24.0 Å². The number of carbonyl (C=O) groups is 5. The number of ether oxygens (including phenoxy) is 2. The van der Waals surface area contributed by atoms with Crippen LogP contribution in [-0.4, -0.2) is 70.6 Å². The largest absolute Gasteiger partial charge is 0.508 e. The lowest BCUT2D eigenvalue weighted by molar-refractivity contribution is -0.145. The molecule has 0 aromatic heterocycles. The third kappa shape index (κ3) is 9.24. The second kappa shape index (κ2) is 13.1. The number of carbonyl (C=O) groups excluding carboxylic acids is 5. The third-order valence-corrected chi connectivity index (χ3v) is 5.59. The number of nitrogens with one attached hydrogen (secondary N) is 2. The summed E-state index contributed by atoms with van der Waals surface area (Å²) in [5.41, 5.74) is 5.41. The monoisotopic (exact) mass is 534 g/mol. The van der Waals surface area contributed by atoms with E-state index in [0.717, 1.165) is 0 Å². The SMILES string of the molecule is CCOC(=O)CCNC(=O)C(c1ccc(O)c(C)c1)N(C(=O)C(CC(N)=O)NC(=O)OC(C)(C)C)C1CC1. The lowest BCUT2D eigenvalue weighted by Gasteiger charge is -2.34. The number of nitrogens with zero attached hydrogens (tertiary/aromatic N) is 1. The molecule has 0 radical (unpaired) electrons. The summed E-state index contributed by atoms with van der Waals surface area (Å²) in [7, 11) is 0. The molecule has 1 aliphatic rings. The van der Waals surface area contributed by atoms with E-state index in [1.807, 2.05) is 0 Å². The molecule has 1 fully saturated rings. The Balaban J connectivity index is 2.41. The standard InChI is InChI=1S/C26H38N4O8/c1-6-37-21(33)11-12-28-23(34)22(16-7-10-19(31)15(2)13-16)30(17-8-9-17)24(35)18(14-20(27)32)29-25(36)38-26(3,4)5/h7,10,13,17-18,22,31H,6,8-9,11-12,14H2,1-5H3,(H2,27,32)(H,28,34)(H,29,36). The number of hydrogen-bond donors (Lipinski definition) is 4. The normalized spacial score (nSPS) is 14.6. The molecule has 2 unspecified atom stereocenters. The maximum atomic E-state index is 13.8. The van der Waals surface area contributed by atoms with Crippen LogP contribution in [0.3, 0.4) is 0 Å². The van der Waals surface area contributed by atoms with Crippen molar-refractivity contribution >= 4 is 29.8 Å². The van der Waals surface area contributed by atoms with Gasteiger partial charge in [0.05, 0.1) is 19.4 Å². The molecule has 4 amide bonds. The topological polar surface area (TPSA) is 177 Å². The summed E-state index contributed by atoms with van der Waals surface area (Å²) in [6.07, 6.45) is -0.282. The van der Waals surface area contributed by atoms with E-state index >= 15 is 0 Å². The predicted octanol–water partition coefficient (Wildman–Crippen LogP) is 1.57. The Hall–Kier alpha value is -3.83. The molecule has 0 bridgehead atoms. The fourth-order valence-corrected chi connectivity index (χ4v) is 3.81. The Morgan fingerprint density at radius 1 is 1.18 bits per heavy atom. The van der Waals surface area contributed by atoms with Crippen molar-refractivity contribution in [3.05, 3.63) is 29.3 Å². The summed E-state index contributed by atoms with van der Waals surface area (Å²) in [6, 6.07) is 1.62. The molecular weight excluding hydrogens is 496 g/mol. The fourth-order valence-electron chi connectivity index (χ4n) is 3.81. The molecule has 38 heavy (non-hydrogen) atoms. The maximum absolute atomic E-state index is 13.8. The Labute approximate surface area is 222 Å². The lowest BCUT2D eigenvalue weighted by atomic mass is 9.99. The fraction of sp³-hybridized carbons (Fsp3) is 0.577. The summed E-state index contributed by atoms with van der Waals surface area (Å²) in [6.45, 7) is 8.45. The van der Waals surface area contributed by atoms with Crippen molar-refractivity contribution in [2.75, 3.05) is 13.2 Å². The number of hydrogen-bond acceptors (Lipinski definition) is 8. The lowest BCUT2D eigenvalue weighted by Crippen LogP contribution is -2.54. The van der Waals surface area contributed by atoms with E-state index in [1.165, 1.54) is 17.0 Å². The van der Waals surface area contributed by atoms with Crippen molar-refractivity contribution in [1.29, 1.82) is 0 Å². The zero-order chi connectivity index (χ0) is 28.6. The number of rotatable bonds is 12. The van der Waals surface area contributed by atoms with Crippen LogP contribution in [0, 0.1) is 6.92 Å². The molecule has 2 atom stereocenters. The average molecular weight is 535 g/mol. The van der Waals surface area contributed by atoms with Crippen LogP contribution < -0.4 is 16.4 Å². The molecule has 12 nitrogen and oxygen atoms in total. The minimum atomic E-state index is -1.38. The van der Waals surface area contributed by atoms with Gasteiger partial charge in [-0.25, -0.2) is 4.79 Å². The Morgan fingerprint density at radius 3 is 2.37 bits per heavy atom. The first kappa shape index (κ1) is 30.4. The van der Waals surface area contributed by atoms with Gasteiger partial charge in [-0.2, -0.15) is 0 Å². The molecule has 2 rings (SSSR count). The van der Waals surface area contributed by atoms with Crippen LogP contribution in [0.1, 0.15) is 70.5 Å². The minimum Gasteiger partial charge on any atom is -0.508 e. The highest BCUT2D eigenvalue weighted by molar-refractivity contribution is 5.95. The summed E-state index contributed by atoms with van der Waals surface area (Å²) in [4.78, 5) is 64.7. The quantitative estimate of drug-likeness (QED) is 0.292. The van der Waals surface area contributed by atoms with E-state index in [2.05, 4.69) is 10.6 Å². The zero-order valence-electron chi connectivity index (χ0n) is 22.5. The Morgan fingerprint density at radius 2 is 1.84 bits per heavy atom. The van der Waals surface area contributed by atoms with Crippen LogP contribution >= 0.6 is 0 Å². The van der Waals surface area contributed by atoms with Gasteiger partial charge in [-0.15, -0.1) is 0 Å². The van der Waals surface area contributed by atoms with Crippen LogP contribution in [0.2, 0.25) is 0 Å². The molecule has 1 aromatic rings. The van der Waals surface area contributed by atoms with E-state index in [-0.39, 0.29) is 31.4 Å². The van der Waals surface area contributed by atoms with Crippen LogP contribution in [0.4, 0.5) is 4.79 Å². The number of aromatic hydroxyl groups is 1. The second-order valence-corrected chi connectivity index (χ2v) is 10.1. The van der Waals surface area contributed by atoms with Gasteiger partial charge in [0.25, 0.3) is 0 Å². The number of phenolic OH excluding ortho intramolecular Hbond substituents is 1. The molecule has 0 aliphatic heterocycles. The Kier molecular flexibility index (Phi) is 10.5. The first-order valence-corrected chi connectivity index (χ1v) is 12.6. The van der Waals surface area contributed by atoms with Crippen molar-refractivity contribution in [3.8, 4) is 5.75 Å². The molecule has 1 saturated carbocycles. The zero-order valence-corrected chi connectivity index (χ0v) is 22.5. The average Bonchev–Trinajstić information content (AvgIpc) is 3.62. The van der Waals surface area contributed by atoms with Crippen LogP contribution in [0.15, 0.2) is 18.2 Å². The maximum Gasteiger partial charge on any atom is 0.408 e. The van der Waals surface area contributed by atoms with Gasteiger partial charge in [0.2, 0.25) is 17.7 Å². The van der Waals surface area contributed by atoms with E-state index < -0.39 is 53.9 Å². The van der Waals surface area contributed by atoms with E-state index in [4.69, 9.17) is 15.2 Å². The van der Waals surface area contributed by atoms with Gasteiger partial charge in [0.15, 0.2) is 0 Å². The molecule has 0 spiro atoms. The van der Waals surface area contributed by atoms with Gasteiger partial charge in [0.1, 0.15) is 23.4 Å². The van der Waals surface area contributed by atoms with E-state index in [9.17, 15) is 29.1 Å². The number of benzene rings is 1. The molecule has 12 heteroatoms. The molecule has 210 valence electrons. The van der Waals surface area contributed by atoms with Crippen molar-refractivity contribution in [2.45, 2.75) is 84.0 Å². The summed E-state index contributed by atoms with van der Waals surface area (Å²) in [5.74, 6) is -2.56. The first-order valence-electron chi connectivity index (χ1n) is 12.6. The number of phenols is 1. The molecular formula is C26H38N4O8. The number of alkyl carbamates (subject to hydrolysis) is 1. The van der Waals surface area contributed by atoms with Gasteiger partial charge < -0.3 is 35.8 Å². The van der Waals surface area contributed by atoms with Crippen LogP contribution in [-0.2, 0) is 28.7 Å². The minimum absolute atomic E-state index is 0.0118. The van der Waals surface area contributed by atoms with Crippen LogP contribution in [0.25, 0.3) is 0 Å². The Bertz CT molecular complexity index is 1050. The highest BCUT2D eigenvalue weighted by atomic mass is 16.6. The van der Waals surface area contributed by atoms with Gasteiger partial charge >= 0.3 is 12.1 Å². The first-order chi connectivity index (χ1) is 17.7. The molecule has 0 saturated heterocycles. The van der Waals surface area contributed by atoms with Crippen LogP contribution in [0.5, 0.6) is 5.75 Å². The smallest absolute Gasteiger partial charge is 0.408 e. The number of aryl methyl sites for hydroxylation is 1. The molecule has 1 aromatic carbocycles. The number of primary amides is 1. The van der Waals surface area contributed by atoms with Gasteiger partial charge in [0, 0.05) is 12.6 Å². The second-order valence-electron chi connectivity index (χ2n) is 10.1. The number of nitrogens with two attached hydrogens (primary N) is 1. The molecule has 1 aliphatic carbocycles. The van der Waals surface area contributed by atoms with Crippen molar-refractivity contribution in [1.82, 2.24) is 15.5 Å². The van der Waals surface area contributed by atoms with E-state index in [1.54, 1.807) is 40.7 Å². The van der Waals surface area contributed by atoms with Gasteiger partial charge in [-0.1, -0.05) is 6.07 Å². The predicted molar refractivity (Wildman–Crippen MR) is 137 cm³/mol. The van der Waals surface area contributed by atoms with Crippen molar-refractivity contribution in [2.24, 2.45) is 5.73 Å². The van der Waals surface area contributed by atoms with Gasteiger partial charge in [-0.05, 0) is 70.7 Å². The highest BCUT2D eigenvalue weighted by Gasteiger charge is 2.44. The molecule has 0 heterocycles. The number of esters is 1. The van der Waals surface area contributed by atoms with Gasteiger partial charge in [-0.3, -0.25) is 19.2 Å². The third-order valence-electron chi connectivity index (χ3n) is 5.59. The number of amides is 4. The highest BCUT2D eigenvalue weighted by Crippen LogP contribution is 2.36. The van der Waals surface area contributed by atoms with Crippen molar-refractivity contribution < 1.29 is 38.6 Å². The summed E-state index contributed by atoms with van der Waals surface area (Å²) >= 11 is 0. The molecule has 5 N–H and O–H groups in total. The summed E-state index contributed by atoms with van der Waals surface area (Å²) in [5, 5.41) is 15.1. The van der Waals surface area contributed by atoms with Crippen molar-refractivity contribution in [3.63, 3.8) is 0 Å². The summed E-state index contributed by atoms with van der Waals surface area (Å²) < 4.78 is 10.1.